The number of amides is 1. The van der Waals surface area contributed by atoms with Crippen molar-refractivity contribution < 1.29 is 4.79 Å². The first-order valence-electron chi connectivity index (χ1n) is 3.58. The van der Waals surface area contributed by atoms with Crippen LogP contribution in [0.3, 0.4) is 0 Å². The van der Waals surface area contributed by atoms with Gasteiger partial charge in [-0.05, 0) is 19.4 Å². The highest BCUT2D eigenvalue weighted by molar-refractivity contribution is 5.72. The minimum atomic E-state index is -0.0798. The van der Waals surface area contributed by atoms with Crippen LogP contribution in [0.5, 0.6) is 0 Å². The van der Waals surface area contributed by atoms with Gasteiger partial charge in [0, 0.05) is 6.92 Å². The zero-order chi connectivity index (χ0) is 8.27. The molecule has 0 aromatic carbocycles. The van der Waals surface area contributed by atoms with E-state index in [-0.39, 0.29) is 5.91 Å². The van der Waals surface area contributed by atoms with E-state index in [1.165, 1.54) is 12.5 Å². The molecule has 1 aliphatic rings. The number of hydrogen-bond donors (Lipinski definition) is 2. The average molecular weight is 152 g/mol. The normalized spacial score (nSPS) is 15.5. The molecule has 1 amide bonds. The van der Waals surface area contributed by atoms with E-state index in [2.05, 4.69) is 17.8 Å². The summed E-state index contributed by atoms with van der Waals surface area (Å²) in [6, 6.07) is 0. The van der Waals surface area contributed by atoms with E-state index in [9.17, 15) is 4.79 Å². The molecule has 0 aromatic rings. The lowest BCUT2D eigenvalue weighted by Crippen LogP contribution is -2.34. The molecule has 1 rings (SSSR count). The van der Waals surface area contributed by atoms with Gasteiger partial charge in [0.05, 0.1) is 5.70 Å². The monoisotopic (exact) mass is 152 g/mol. The molecule has 0 radical (unpaired) electrons. The lowest BCUT2D eigenvalue weighted by molar-refractivity contribution is -0.119. The Labute approximate surface area is 66.1 Å². The fraction of sp³-hybridized carbons (Fsp3) is 0.375. The molecule has 3 heteroatoms. The molecule has 1 aliphatic carbocycles. The molecule has 0 fully saturated rings. The Balaban J connectivity index is 2.34. The fourth-order valence-electron chi connectivity index (χ4n) is 0.902. The summed E-state index contributed by atoms with van der Waals surface area (Å²) in [5.41, 5.74) is 7.58. The minimum Gasteiger partial charge on any atom is -0.299 e. The van der Waals surface area contributed by atoms with Gasteiger partial charge in [-0.2, -0.15) is 0 Å². The minimum absolute atomic E-state index is 0.0798. The molecule has 2 N–H and O–H groups in total. The molecule has 3 nitrogen and oxygen atoms in total. The van der Waals surface area contributed by atoms with Gasteiger partial charge < -0.3 is 0 Å². The molecule has 0 saturated carbocycles. The number of hydrogen-bond acceptors (Lipinski definition) is 2. The van der Waals surface area contributed by atoms with Gasteiger partial charge >= 0.3 is 0 Å². The van der Waals surface area contributed by atoms with E-state index < -0.39 is 0 Å². The molecular weight excluding hydrogens is 140 g/mol. The second-order valence-electron chi connectivity index (χ2n) is 2.66. The van der Waals surface area contributed by atoms with Gasteiger partial charge in [-0.15, -0.1) is 0 Å². The van der Waals surface area contributed by atoms with E-state index in [1.54, 1.807) is 0 Å². The SMILES string of the molecule is CC(=O)NNC1=CCC(C)=C1. The third kappa shape index (κ3) is 2.45. The van der Waals surface area contributed by atoms with Gasteiger partial charge in [0.15, 0.2) is 0 Å². The zero-order valence-electron chi connectivity index (χ0n) is 6.77. The quantitative estimate of drug-likeness (QED) is 0.576. The van der Waals surface area contributed by atoms with Gasteiger partial charge in [-0.1, -0.05) is 11.6 Å². The van der Waals surface area contributed by atoms with Crippen molar-refractivity contribution in [1.82, 2.24) is 10.9 Å². The van der Waals surface area contributed by atoms with Crippen molar-refractivity contribution in [2.24, 2.45) is 0 Å². The summed E-state index contributed by atoms with van der Waals surface area (Å²) in [6.07, 6.45) is 5.02. The molecule has 0 atom stereocenters. The van der Waals surface area contributed by atoms with Crippen molar-refractivity contribution in [1.29, 1.82) is 0 Å². The zero-order valence-corrected chi connectivity index (χ0v) is 6.77. The highest BCUT2D eigenvalue weighted by Crippen LogP contribution is 2.13. The molecular formula is C8H12N2O. The van der Waals surface area contributed by atoms with E-state index in [1.807, 2.05) is 12.2 Å². The van der Waals surface area contributed by atoms with Crippen LogP contribution in [0, 0.1) is 0 Å². The van der Waals surface area contributed by atoms with Gasteiger partial charge in [-0.25, -0.2) is 0 Å². The van der Waals surface area contributed by atoms with E-state index in [4.69, 9.17) is 0 Å². The summed E-state index contributed by atoms with van der Waals surface area (Å²) >= 11 is 0. The molecule has 0 aromatic heterocycles. The maximum absolute atomic E-state index is 10.5. The predicted molar refractivity (Wildman–Crippen MR) is 43.4 cm³/mol. The molecule has 60 valence electrons. The molecule has 0 aliphatic heterocycles. The number of carbonyl (C=O) groups excluding carboxylic acids is 1. The lowest BCUT2D eigenvalue weighted by Gasteiger charge is -2.03. The second kappa shape index (κ2) is 3.23. The van der Waals surface area contributed by atoms with Crippen molar-refractivity contribution in [3.8, 4) is 0 Å². The summed E-state index contributed by atoms with van der Waals surface area (Å²) in [5, 5.41) is 0. The molecule has 0 heterocycles. The summed E-state index contributed by atoms with van der Waals surface area (Å²) in [6.45, 7) is 3.53. The van der Waals surface area contributed by atoms with Crippen LogP contribution in [0.1, 0.15) is 20.3 Å². The van der Waals surface area contributed by atoms with E-state index >= 15 is 0 Å². The largest absolute Gasteiger partial charge is 0.299 e. The smallest absolute Gasteiger partial charge is 0.235 e. The van der Waals surface area contributed by atoms with Crippen LogP contribution < -0.4 is 10.9 Å². The molecule has 0 unspecified atom stereocenters. The first kappa shape index (κ1) is 7.85. The first-order valence-corrected chi connectivity index (χ1v) is 3.58. The fourth-order valence-corrected chi connectivity index (χ4v) is 0.902. The number of rotatable bonds is 2. The Hall–Kier alpha value is -1.25. The summed E-state index contributed by atoms with van der Waals surface area (Å²) in [5.74, 6) is -0.0798. The maximum atomic E-state index is 10.5. The summed E-state index contributed by atoms with van der Waals surface area (Å²) < 4.78 is 0. The Morgan fingerprint density at radius 1 is 1.64 bits per heavy atom. The van der Waals surface area contributed by atoms with Crippen molar-refractivity contribution in [2.45, 2.75) is 20.3 Å². The third-order valence-corrected chi connectivity index (χ3v) is 1.43. The van der Waals surface area contributed by atoms with Crippen molar-refractivity contribution in [2.75, 3.05) is 0 Å². The molecule has 0 saturated heterocycles. The predicted octanol–water partition coefficient (Wildman–Crippen LogP) is 0.861. The summed E-state index contributed by atoms with van der Waals surface area (Å²) in [7, 11) is 0. The number of hydrazine groups is 1. The molecule has 0 spiro atoms. The Morgan fingerprint density at radius 3 is 2.82 bits per heavy atom. The Kier molecular flexibility index (Phi) is 2.31. The van der Waals surface area contributed by atoms with Gasteiger partial charge in [-0.3, -0.25) is 15.6 Å². The van der Waals surface area contributed by atoms with Crippen LogP contribution >= 0.6 is 0 Å². The Bertz CT molecular complexity index is 228. The first-order chi connectivity index (χ1) is 5.18. The number of carbonyl (C=O) groups is 1. The van der Waals surface area contributed by atoms with Crippen LogP contribution in [-0.2, 0) is 4.79 Å². The van der Waals surface area contributed by atoms with Crippen LogP contribution in [0.4, 0.5) is 0 Å². The lowest BCUT2D eigenvalue weighted by atomic mass is 10.3. The number of allylic oxidation sites excluding steroid dienone is 3. The highest BCUT2D eigenvalue weighted by atomic mass is 16.2. The van der Waals surface area contributed by atoms with E-state index in [0.717, 1.165) is 12.1 Å². The standard InChI is InChI=1S/C8H12N2O/c1-6-3-4-8(5-6)10-9-7(2)11/h4-5,10H,3H2,1-2H3,(H,9,11). The van der Waals surface area contributed by atoms with Crippen LogP contribution in [0.25, 0.3) is 0 Å². The van der Waals surface area contributed by atoms with Gasteiger partial charge in [0.25, 0.3) is 0 Å². The van der Waals surface area contributed by atoms with Crippen LogP contribution in [0.15, 0.2) is 23.4 Å². The van der Waals surface area contributed by atoms with Gasteiger partial charge in [0.1, 0.15) is 0 Å². The van der Waals surface area contributed by atoms with Crippen molar-refractivity contribution in [3.63, 3.8) is 0 Å². The molecule has 0 bridgehead atoms. The second-order valence-corrected chi connectivity index (χ2v) is 2.66. The topological polar surface area (TPSA) is 41.1 Å². The summed E-state index contributed by atoms with van der Waals surface area (Å²) in [4.78, 5) is 10.5. The van der Waals surface area contributed by atoms with E-state index in [0.29, 0.717) is 0 Å². The highest BCUT2D eigenvalue weighted by Gasteiger charge is 2.01. The van der Waals surface area contributed by atoms with Gasteiger partial charge in [0.2, 0.25) is 5.91 Å². The maximum Gasteiger partial charge on any atom is 0.235 e. The van der Waals surface area contributed by atoms with Crippen LogP contribution in [0.2, 0.25) is 0 Å². The Morgan fingerprint density at radius 2 is 2.36 bits per heavy atom. The molecule has 11 heavy (non-hydrogen) atoms. The van der Waals surface area contributed by atoms with Crippen LogP contribution in [-0.4, -0.2) is 5.91 Å². The van der Waals surface area contributed by atoms with Crippen molar-refractivity contribution >= 4 is 5.91 Å². The third-order valence-electron chi connectivity index (χ3n) is 1.43. The number of nitrogens with one attached hydrogen (secondary N) is 2. The average Bonchev–Trinajstić information content (AvgIpc) is 2.31. The van der Waals surface area contributed by atoms with Crippen molar-refractivity contribution in [3.05, 3.63) is 23.4 Å².